The van der Waals surface area contributed by atoms with Gasteiger partial charge in [-0.2, -0.15) is 0 Å². The Labute approximate surface area is 442 Å². The molecule has 74 heavy (non-hydrogen) atoms. The largest absolute Gasteiger partial charge is 0.309 e. The molecule has 2 nitrogen and oxygen atoms in total. The molecule has 0 aliphatic carbocycles. The summed E-state index contributed by atoms with van der Waals surface area (Å²) in [6, 6.07) is 75.6. The standard InChI is InChI=1S/C68H68N2Si4/c1-71(2,3)55-33-25-45(26-34-55)65-59-17-13-15-19-61(59)69(67(65)47-29-37-57(38-30-47)73(7,8)9)53-41-49-21-23-51-43-54(44-52-24-22-50(42-53)63(49)64(51)52)70-62-20-16-14-18-60(62)66(46-27-35-56(36-28-46)72(4,5)6)68(70)48-31-39-58(40-32-48)74(10,11)12/h13-44H,1-12H3. The first-order valence-electron chi connectivity index (χ1n) is 26.7. The Kier molecular flexibility index (Phi) is 11.3. The molecule has 0 amide bonds. The highest BCUT2D eigenvalue weighted by Gasteiger charge is 2.27. The molecule has 0 atom stereocenters. The van der Waals surface area contributed by atoms with E-state index in [-0.39, 0.29) is 0 Å². The molecule has 0 saturated carbocycles. The summed E-state index contributed by atoms with van der Waals surface area (Å²) in [6.07, 6.45) is 0. The Hall–Kier alpha value is -6.81. The molecule has 6 heteroatoms. The highest BCUT2D eigenvalue weighted by atomic mass is 28.3. The first-order chi connectivity index (χ1) is 35.2. The third-order valence-corrected chi connectivity index (χ3v) is 24.2. The van der Waals surface area contributed by atoms with Crippen LogP contribution in [0.15, 0.2) is 194 Å². The van der Waals surface area contributed by atoms with E-state index in [4.69, 9.17) is 0 Å². The number of fused-ring (bicyclic) bond motifs is 2. The molecule has 0 radical (unpaired) electrons. The summed E-state index contributed by atoms with van der Waals surface area (Å²) in [5.74, 6) is 0. The molecular formula is C68H68N2Si4. The summed E-state index contributed by atoms with van der Waals surface area (Å²) in [4.78, 5) is 0. The number of rotatable bonds is 10. The van der Waals surface area contributed by atoms with Crippen molar-refractivity contribution >= 4 is 107 Å². The number of hydrogen-bond donors (Lipinski definition) is 0. The van der Waals surface area contributed by atoms with Crippen LogP contribution in [-0.4, -0.2) is 41.4 Å². The van der Waals surface area contributed by atoms with Crippen molar-refractivity contribution in [3.05, 3.63) is 194 Å². The molecule has 2 heterocycles. The first kappa shape index (κ1) is 48.1. The van der Waals surface area contributed by atoms with Crippen molar-refractivity contribution in [2.24, 2.45) is 0 Å². The maximum absolute atomic E-state index is 2.55. The van der Waals surface area contributed by atoms with Gasteiger partial charge < -0.3 is 9.13 Å². The van der Waals surface area contributed by atoms with Gasteiger partial charge in [0.1, 0.15) is 0 Å². The smallest absolute Gasteiger partial charge is 0.0775 e. The van der Waals surface area contributed by atoms with Gasteiger partial charge >= 0.3 is 0 Å². The van der Waals surface area contributed by atoms with Gasteiger partial charge in [0.2, 0.25) is 0 Å². The molecule has 0 aliphatic heterocycles. The van der Waals surface area contributed by atoms with Gasteiger partial charge in [-0.15, -0.1) is 0 Å². The van der Waals surface area contributed by atoms with Gasteiger partial charge in [0.05, 0.1) is 54.7 Å². The van der Waals surface area contributed by atoms with E-state index < -0.39 is 32.3 Å². The second-order valence-corrected chi connectivity index (χ2v) is 45.4. The van der Waals surface area contributed by atoms with Crippen LogP contribution in [0.25, 0.3) is 110 Å². The van der Waals surface area contributed by atoms with Crippen molar-refractivity contribution < 1.29 is 0 Å². The monoisotopic (exact) mass is 1020 g/mol. The van der Waals surface area contributed by atoms with Gasteiger partial charge in [-0.05, 0) is 91.0 Å². The van der Waals surface area contributed by atoms with E-state index in [9.17, 15) is 0 Å². The number of hydrogen-bond acceptors (Lipinski definition) is 0. The second kappa shape index (κ2) is 17.4. The molecule has 0 N–H and O–H groups in total. The lowest BCUT2D eigenvalue weighted by Gasteiger charge is -2.20. The lowest BCUT2D eigenvalue weighted by atomic mass is 9.93. The predicted octanol–water partition coefficient (Wildman–Crippen LogP) is 17.3. The quantitative estimate of drug-likeness (QED) is 0.0954. The lowest BCUT2D eigenvalue weighted by molar-refractivity contribution is 1.14. The summed E-state index contributed by atoms with van der Waals surface area (Å²) in [5.41, 5.74) is 14.8. The van der Waals surface area contributed by atoms with Gasteiger partial charge in [0.25, 0.3) is 0 Å². The van der Waals surface area contributed by atoms with E-state index in [1.54, 1.807) is 0 Å². The van der Waals surface area contributed by atoms with Crippen LogP contribution >= 0.6 is 0 Å². The summed E-state index contributed by atoms with van der Waals surface area (Å²) in [6.45, 7) is 29.2. The van der Waals surface area contributed by atoms with Crippen molar-refractivity contribution in [3.8, 4) is 56.1 Å². The van der Waals surface area contributed by atoms with Gasteiger partial charge in [-0.3, -0.25) is 0 Å². The Morgan fingerprint density at radius 1 is 0.270 bits per heavy atom. The maximum atomic E-state index is 2.55. The normalized spacial score (nSPS) is 12.9. The van der Waals surface area contributed by atoms with Crippen LogP contribution in [-0.2, 0) is 0 Å². The molecule has 2 aromatic heterocycles. The SMILES string of the molecule is C[Si](C)(C)c1ccc(-c2c(-c3ccc([Si](C)(C)C)cc3)n(-c3cc4ccc5cc(-n6c(-c7ccc([Si](C)(C)C)cc7)c(-c7ccc([Si](C)(C)C)cc7)c7ccccc76)cc6ccc(c3)c4c56)c3ccccc23)cc1. The molecular weight excluding hydrogens is 957 g/mol. The van der Waals surface area contributed by atoms with Crippen LogP contribution in [0.2, 0.25) is 78.6 Å². The highest BCUT2D eigenvalue weighted by molar-refractivity contribution is 6.90. The third-order valence-electron chi connectivity index (χ3n) is 15.9. The summed E-state index contributed by atoms with van der Waals surface area (Å²) in [5, 5.41) is 16.1. The molecule has 10 aromatic carbocycles. The lowest BCUT2D eigenvalue weighted by Crippen LogP contribution is -2.37. The minimum Gasteiger partial charge on any atom is -0.309 e. The molecule has 0 unspecified atom stereocenters. The number of aromatic nitrogens is 2. The Bertz CT molecular complexity index is 3770. The molecule has 12 aromatic rings. The topological polar surface area (TPSA) is 9.86 Å². The molecule has 0 saturated heterocycles. The zero-order chi connectivity index (χ0) is 51.6. The van der Waals surface area contributed by atoms with E-state index in [1.165, 1.54) is 131 Å². The molecule has 0 bridgehead atoms. The van der Waals surface area contributed by atoms with Crippen LogP contribution in [0.3, 0.4) is 0 Å². The van der Waals surface area contributed by atoms with E-state index >= 15 is 0 Å². The summed E-state index contributed by atoms with van der Waals surface area (Å²) >= 11 is 0. The predicted molar refractivity (Wildman–Crippen MR) is 337 cm³/mol. The Balaban J connectivity index is 1.07. The van der Waals surface area contributed by atoms with Crippen LogP contribution in [0, 0.1) is 0 Å². The van der Waals surface area contributed by atoms with E-state index in [2.05, 4.69) is 282 Å². The fourth-order valence-electron chi connectivity index (χ4n) is 11.7. The molecule has 0 fully saturated rings. The average Bonchev–Trinajstić information content (AvgIpc) is 3.91. The molecule has 366 valence electrons. The Morgan fingerprint density at radius 2 is 0.527 bits per heavy atom. The number of nitrogens with zero attached hydrogens (tertiary/aromatic N) is 2. The van der Waals surface area contributed by atoms with E-state index in [0.29, 0.717) is 0 Å². The van der Waals surface area contributed by atoms with Crippen LogP contribution in [0.1, 0.15) is 0 Å². The van der Waals surface area contributed by atoms with Gasteiger partial charge in [0, 0.05) is 33.3 Å². The Morgan fingerprint density at radius 3 is 0.797 bits per heavy atom. The number of benzene rings is 10. The van der Waals surface area contributed by atoms with Crippen molar-refractivity contribution in [3.63, 3.8) is 0 Å². The highest BCUT2D eigenvalue weighted by Crippen LogP contribution is 2.47. The van der Waals surface area contributed by atoms with Gasteiger partial charge in [-0.25, -0.2) is 0 Å². The van der Waals surface area contributed by atoms with E-state index in [0.717, 1.165) is 0 Å². The van der Waals surface area contributed by atoms with Gasteiger partial charge in [-0.1, -0.05) is 257 Å². The van der Waals surface area contributed by atoms with Gasteiger partial charge in [0.15, 0.2) is 0 Å². The zero-order valence-corrected chi connectivity index (χ0v) is 49.4. The third kappa shape index (κ3) is 8.18. The number of para-hydroxylation sites is 2. The minimum absolute atomic E-state index is 1.18. The summed E-state index contributed by atoms with van der Waals surface area (Å²) < 4.78 is 5.11. The van der Waals surface area contributed by atoms with Crippen molar-refractivity contribution in [2.75, 3.05) is 0 Å². The van der Waals surface area contributed by atoms with Crippen LogP contribution < -0.4 is 20.7 Å². The molecule has 12 rings (SSSR count). The summed E-state index contributed by atoms with van der Waals surface area (Å²) in [7, 11) is -6.03. The first-order valence-corrected chi connectivity index (χ1v) is 40.7. The maximum Gasteiger partial charge on any atom is 0.0775 e. The van der Waals surface area contributed by atoms with Crippen molar-refractivity contribution in [1.82, 2.24) is 9.13 Å². The molecule has 0 spiro atoms. The van der Waals surface area contributed by atoms with Crippen LogP contribution in [0.5, 0.6) is 0 Å². The van der Waals surface area contributed by atoms with E-state index in [1.807, 2.05) is 0 Å². The second-order valence-electron chi connectivity index (χ2n) is 25.1. The minimum atomic E-state index is -1.52. The van der Waals surface area contributed by atoms with Crippen molar-refractivity contribution in [1.29, 1.82) is 0 Å². The zero-order valence-electron chi connectivity index (χ0n) is 45.4. The molecule has 0 aliphatic rings. The average molecular weight is 1030 g/mol. The van der Waals surface area contributed by atoms with Crippen molar-refractivity contribution in [2.45, 2.75) is 78.6 Å². The van der Waals surface area contributed by atoms with Crippen LogP contribution in [0.4, 0.5) is 0 Å². The fourth-order valence-corrected chi connectivity index (χ4v) is 16.4. The fraction of sp³-hybridized carbons (Fsp3) is 0.176.